The van der Waals surface area contributed by atoms with Crippen LogP contribution in [0, 0.1) is 0 Å². The van der Waals surface area contributed by atoms with Crippen molar-refractivity contribution in [3.05, 3.63) is 206 Å². The second-order valence-electron chi connectivity index (χ2n) is 14.1. The molecule has 9 aromatic carbocycles. The molecule has 2 heterocycles. The summed E-state index contributed by atoms with van der Waals surface area (Å²) in [7, 11) is 0. The predicted octanol–water partition coefficient (Wildman–Crippen LogP) is 15.1. The highest BCUT2D eigenvalue weighted by atomic mass is 32.1. The van der Waals surface area contributed by atoms with Gasteiger partial charge < -0.3 is 9.47 Å². The van der Waals surface area contributed by atoms with E-state index < -0.39 is 0 Å². The van der Waals surface area contributed by atoms with E-state index in [9.17, 15) is 0 Å². The van der Waals surface area contributed by atoms with E-state index in [-0.39, 0.29) is 0 Å². The molecule has 0 N–H and O–H groups in total. The largest absolute Gasteiger partial charge is 0.309 e. The van der Waals surface area contributed by atoms with Crippen LogP contribution in [-0.2, 0) is 0 Å². The average Bonchev–Trinajstić information content (AvgIpc) is 3.81. The Morgan fingerprint density at radius 2 is 1.04 bits per heavy atom. The fourth-order valence-corrected chi connectivity index (χ4v) is 9.79. The Morgan fingerprint density at radius 1 is 0.400 bits per heavy atom. The Labute approximate surface area is 323 Å². The molecule has 0 atom stereocenters. The van der Waals surface area contributed by atoms with Crippen molar-refractivity contribution in [2.75, 3.05) is 4.90 Å². The van der Waals surface area contributed by atoms with Crippen LogP contribution in [0.25, 0.3) is 80.7 Å². The van der Waals surface area contributed by atoms with Gasteiger partial charge in [0.1, 0.15) is 0 Å². The smallest absolute Gasteiger partial charge is 0.0562 e. The van der Waals surface area contributed by atoms with Crippen LogP contribution >= 0.6 is 11.3 Å². The van der Waals surface area contributed by atoms with E-state index in [4.69, 9.17) is 0 Å². The van der Waals surface area contributed by atoms with E-state index in [0.717, 1.165) is 28.3 Å². The van der Waals surface area contributed by atoms with E-state index in [1.807, 2.05) is 11.3 Å². The van der Waals surface area contributed by atoms with Gasteiger partial charge in [-0.3, -0.25) is 0 Å². The molecule has 0 saturated heterocycles. The zero-order valence-electron chi connectivity index (χ0n) is 29.9. The third-order valence-electron chi connectivity index (χ3n) is 11.0. The summed E-state index contributed by atoms with van der Waals surface area (Å²) < 4.78 is 5.11. The third kappa shape index (κ3) is 5.09. The Morgan fingerprint density at radius 3 is 1.95 bits per heavy atom. The molecule has 0 aliphatic carbocycles. The molecular weight excluding hydrogens is 685 g/mol. The normalized spacial score (nSPS) is 11.6. The summed E-state index contributed by atoms with van der Waals surface area (Å²) in [4.78, 5) is 2.47. The molecule has 2 aromatic heterocycles. The van der Waals surface area contributed by atoms with Crippen LogP contribution in [-0.4, -0.2) is 4.57 Å². The lowest BCUT2D eigenvalue weighted by Crippen LogP contribution is -2.11. The first-order valence-corrected chi connectivity index (χ1v) is 19.6. The van der Waals surface area contributed by atoms with Crippen LogP contribution in [0.2, 0.25) is 0 Å². The molecule has 2 nitrogen and oxygen atoms in total. The van der Waals surface area contributed by atoms with Crippen LogP contribution in [0.1, 0.15) is 0 Å². The fourth-order valence-electron chi connectivity index (χ4n) is 8.56. The van der Waals surface area contributed by atoms with Crippen LogP contribution in [0.3, 0.4) is 0 Å². The number of hydrogen-bond acceptors (Lipinski definition) is 2. The summed E-state index contributed by atoms with van der Waals surface area (Å²) in [6.07, 6.45) is 0. The molecule has 0 fully saturated rings. The molecular formula is C52H34N2S. The second kappa shape index (κ2) is 12.9. The third-order valence-corrected chi connectivity index (χ3v) is 12.2. The van der Waals surface area contributed by atoms with E-state index in [2.05, 4.69) is 216 Å². The van der Waals surface area contributed by atoms with Crippen molar-refractivity contribution < 1.29 is 0 Å². The average molecular weight is 719 g/mol. The van der Waals surface area contributed by atoms with Gasteiger partial charge in [-0.15, -0.1) is 11.3 Å². The topological polar surface area (TPSA) is 8.17 Å². The monoisotopic (exact) mass is 718 g/mol. The van der Waals surface area contributed by atoms with Gasteiger partial charge in [0.15, 0.2) is 0 Å². The molecule has 0 amide bonds. The van der Waals surface area contributed by atoms with Gasteiger partial charge in [-0.2, -0.15) is 0 Å². The highest BCUT2D eigenvalue weighted by Crippen LogP contribution is 2.48. The molecule has 0 aliphatic heterocycles. The lowest BCUT2D eigenvalue weighted by atomic mass is 10.00. The molecule has 0 spiro atoms. The standard InChI is InChI=1S/C52H34N2S/c1-2-17-36(18-3-1)39-20-6-10-26-45(39)53(38-33-32-35-16-4-5-19-37(35)34-38)48-29-15-30-49-51(48)44-23-8-12-28-47(44)54(49)46-27-11-7-21-40(46)42-24-14-25-43-41-22-9-13-31-50(41)55-52(42)43/h1-34H. The number of anilines is 3. The van der Waals surface area contributed by atoms with Crippen LogP contribution in [0.15, 0.2) is 206 Å². The Hall–Kier alpha value is -6.94. The highest BCUT2D eigenvalue weighted by molar-refractivity contribution is 7.26. The van der Waals surface area contributed by atoms with Crippen molar-refractivity contribution in [3.8, 4) is 27.9 Å². The minimum absolute atomic E-state index is 1.11. The fraction of sp³-hybridized carbons (Fsp3) is 0. The van der Waals surface area contributed by atoms with Gasteiger partial charge in [0.25, 0.3) is 0 Å². The van der Waals surface area contributed by atoms with E-state index in [0.29, 0.717) is 0 Å². The summed E-state index contributed by atoms with van der Waals surface area (Å²) in [5.74, 6) is 0. The van der Waals surface area contributed by atoms with E-state index in [1.165, 1.54) is 69.5 Å². The zero-order chi connectivity index (χ0) is 36.3. The SMILES string of the molecule is c1ccc(-c2ccccc2N(c2ccc3ccccc3c2)c2cccc3c2c2ccccc2n3-c2ccccc2-c2cccc3c2sc2ccccc23)cc1. The van der Waals surface area contributed by atoms with E-state index >= 15 is 0 Å². The summed E-state index contributed by atoms with van der Waals surface area (Å²) in [6.45, 7) is 0. The maximum atomic E-state index is 2.48. The minimum Gasteiger partial charge on any atom is -0.309 e. The van der Waals surface area contributed by atoms with Crippen molar-refractivity contribution in [1.29, 1.82) is 0 Å². The first kappa shape index (κ1) is 31.6. The van der Waals surface area contributed by atoms with Crippen LogP contribution in [0.5, 0.6) is 0 Å². The molecule has 55 heavy (non-hydrogen) atoms. The highest BCUT2D eigenvalue weighted by Gasteiger charge is 2.24. The van der Waals surface area contributed by atoms with Crippen molar-refractivity contribution >= 4 is 81.1 Å². The molecule has 11 rings (SSSR count). The first-order chi connectivity index (χ1) is 27.3. The van der Waals surface area contributed by atoms with Crippen molar-refractivity contribution in [2.45, 2.75) is 0 Å². The number of rotatable bonds is 6. The number of benzene rings is 9. The molecule has 11 aromatic rings. The van der Waals surface area contributed by atoms with Gasteiger partial charge in [0.05, 0.1) is 28.1 Å². The molecule has 258 valence electrons. The molecule has 0 aliphatic rings. The summed E-state index contributed by atoms with van der Waals surface area (Å²) in [5.41, 5.74) is 11.7. The van der Waals surface area contributed by atoms with Gasteiger partial charge in [-0.25, -0.2) is 0 Å². The maximum Gasteiger partial charge on any atom is 0.0562 e. The lowest BCUT2D eigenvalue weighted by molar-refractivity contribution is 1.18. The van der Waals surface area contributed by atoms with Crippen molar-refractivity contribution in [2.24, 2.45) is 0 Å². The number of nitrogens with zero attached hydrogens (tertiary/aromatic N) is 2. The molecule has 0 unspecified atom stereocenters. The lowest BCUT2D eigenvalue weighted by Gasteiger charge is -2.29. The van der Waals surface area contributed by atoms with Gasteiger partial charge >= 0.3 is 0 Å². The van der Waals surface area contributed by atoms with Gasteiger partial charge in [0.2, 0.25) is 0 Å². The predicted molar refractivity (Wildman–Crippen MR) is 237 cm³/mol. The Bertz CT molecular complexity index is 3220. The minimum atomic E-state index is 1.11. The molecule has 0 radical (unpaired) electrons. The summed E-state index contributed by atoms with van der Waals surface area (Å²) >= 11 is 1.88. The number of para-hydroxylation sites is 3. The van der Waals surface area contributed by atoms with Crippen LogP contribution in [0.4, 0.5) is 17.1 Å². The van der Waals surface area contributed by atoms with Gasteiger partial charge in [-0.05, 0) is 64.9 Å². The summed E-state index contributed by atoms with van der Waals surface area (Å²) in [5, 5.41) is 7.48. The number of hydrogen-bond donors (Lipinski definition) is 0. The van der Waals surface area contributed by atoms with Gasteiger partial charge in [-0.1, -0.05) is 158 Å². The van der Waals surface area contributed by atoms with Crippen molar-refractivity contribution in [1.82, 2.24) is 4.57 Å². The molecule has 3 heteroatoms. The van der Waals surface area contributed by atoms with Gasteiger partial charge in [0, 0.05) is 53.3 Å². The maximum absolute atomic E-state index is 2.48. The number of thiophene rings is 1. The Balaban J connectivity index is 1.21. The molecule has 0 bridgehead atoms. The number of fused-ring (bicyclic) bond motifs is 7. The zero-order valence-corrected chi connectivity index (χ0v) is 30.7. The second-order valence-corrected chi connectivity index (χ2v) is 15.1. The molecule has 0 saturated carbocycles. The summed E-state index contributed by atoms with van der Waals surface area (Å²) in [6, 6.07) is 75.2. The Kier molecular flexibility index (Phi) is 7.39. The van der Waals surface area contributed by atoms with Crippen LogP contribution < -0.4 is 4.90 Å². The van der Waals surface area contributed by atoms with E-state index in [1.54, 1.807) is 0 Å². The first-order valence-electron chi connectivity index (χ1n) is 18.8. The number of aromatic nitrogens is 1. The quantitative estimate of drug-likeness (QED) is 0.166. The van der Waals surface area contributed by atoms with Crippen molar-refractivity contribution in [3.63, 3.8) is 0 Å².